The van der Waals surface area contributed by atoms with E-state index in [1.54, 1.807) is 43.3 Å². The molecule has 2 amide bonds. The zero-order valence-corrected chi connectivity index (χ0v) is 25.5. The minimum Gasteiger partial charge on any atom is -0.352 e. The van der Waals surface area contributed by atoms with Gasteiger partial charge in [-0.05, 0) is 88.4 Å². The zero-order valence-electron chi connectivity index (χ0n) is 24.7. The highest BCUT2D eigenvalue weighted by Gasteiger charge is 2.33. The second-order valence-corrected chi connectivity index (χ2v) is 13.2. The van der Waals surface area contributed by atoms with E-state index in [-0.39, 0.29) is 23.4 Å². The Labute approximate surface area is 244 Å². The monoisotopic (exact) mass is 575 g/mol. The zero-order chi connectivity index (χ0) is 29.7. The first-order valence-corrected chi connectivity index (χ1v) is 15.7. The lowest BCUT2D eigenvalue weighted by atomic mass is 10.1. The molecule has 1 aliphatic carbocycles. The van der Waals surface area contributed by atoms with Gasteiger partial charge in [0.1, 0.15) is 12.6 Å². The van der Waals surface area contributed by atoms with Gasteiger partial charge in [-0.3, -0.25) is 13.9 Å². The summed E-state index contributed by atoms with van der Waals surface area (Å²) in [7, 11) is -4.09. The van der Waals surface area contributed by atoms with Crippen molar-refractivity contribution in [3.8, 4) is 0 Å². The Morgan fingerprint density at radius 2 is 1.37 bits per heavy atom. The van der Waals surface area contributed by atoms with Gasteiger partial charge in [-0.15, -0.1) is 0 Å². The van der Waals surface area contributed by atoms with Crippen molar-refractivity contribution in [3.63, 3.8) is 0 Å². The van der Waals surface area contributed by atoms with Gasteiger partial charge in [0.15, 0.2) is 0 Å². The van der Waals surface area contributed by atoms with Crippen LogP contribution < -0.4 is 9.62 Å². The molecule has 0 bridgehead atoms. The first-order chi connectivity index (χ1) is 19.4. The van der Waals surface area contributed by atoms with Gasteiger partial charge in [0.25, 0.3) is 10.0 Å². The highest BCUT2D eigenvalue weighted by Crippen LogP contribution is 2.27. The molecule has 8 heteroatoms. The van der Waals surface area contributed by atoms with Crippen LogP contribution in [0.5, 0.6) is 0 Å². The van der Waals surface area contributed by atoms with E-state index in [4.69, 9.17) is 0 Å². The van der Waals surface area contributed by atoms with E-state index in [2.05, 4.69) is 5.32 Å². The van der Waals surface area contributed by atoms with Crippen molar-refractivity contribution in [1.82, 2.24) is 10.2 Å². The van der Waals surface area contributed by atoms with Gasteiger partial charge < -0.3 is 10.2 Å². The Bertz CT molecular complexity index is 1460. The molecule has 1 fully saturated rings. The summed E-state index contributed by atoms with van der Waals surface area (Å²) in [6.07, 6.45) is 4.01. The van der Waals surface area contributed by atoms with Crippen LogP contribution in [0.4, 0.5) is 5.69 Å². The normalized spacial score (nSPS) is 14.5. The van der Waals surface area contributed by atoms with Crippen molar-refractivity contribution in [2.24, 2.45) is 0 Å². The fourth-order valence-corrected chi connectivity index (χ4v) is 6.72. The van der Waals surface area contributed by atoms with Crippen molar-refractivity contribution >= 4 is 27.5 Å². The van der Waals surface area contributed by atoms with Crippen molar-refractivity contribution in [2.75, 3.05) is 10.8 Å². The van der Waals surface area contributed by atoms with E-state index in [0.717, 1.165) is 53.5 Å². The summed E-state index contributed by atoms with van der Waals surface area (Å²) >= 11 is 0. The minimum atomic E-state index is -4.09. The van der Waals surface area contributed by atoms with Crippen molar-refractivity contribution < 1.29 is 18.0 Å². The van der Waals surface area contributed by atoms with Crippen LogP contribution in [-0.4, -0.2) is 43.8 Å². The van der Waals surface area contributed by atoms with Gasteiger partial charge in [0.2, 0.25) is 11.8 Å². The molecule has 4 rings (SSSR count). The maximum atomic E-state index is 14.1. The van der Waals surface area contributed by atoms with Crippen LogP contribution in [0.1, 0.15) is 60.4 Å². The van der Waals surface area contributed by atoms with Crippen molar-refractivity contribution in [2.45, 2.75) is 83.8 Å². The van der Waals surface area contributed by atoms with E-state index in [0.29, 0.717) is 5.69 Å². The number of aryl methyl sites for hydroxylation is 4. The second kappa shape index (κ2) is 12.9. The molecule has 1 unspecified atom stereocenters. The van der Waals surface area contributed by atoms with Crippen LogP contribution in [0.2, 0.25) is 0 Å². The number of rotatable bonds is 10. The molecule has 0 saturated heterocycles. The Hall–Kier alpha value is -3.65. The highest BCUT2D eigenvalue weighted by atomic mass is 32.2. The summed E-state index contributed by atoms with van der Waals surface area (Å²) < 4.78 is 29.2. The number of hydrogen-bond donors (Lipinski definition) is 1. The number of hydrogen-bond acceptors (Lipinski definition) is 4. The topological polar surface area (TPSA) is 86.8 Å². The molecule has 41 heavy (non-hydrogen) atoms. The van der Waals surface area contributed by atoms with Gasteiger partial charge >= 0.3 is 0 Å². The second-order valence-electron chi connectivity index (χ2n) is 11.3. The standard InChI is InChI=1S/C33H41N3O4S/c1-23-10-14-28(15-11-23)21-35(27(5)33(38)34-29-8-6-7-9-29)32(37)22-36(30-19-25(3)18-26(4)20-30)41(39,40)31-16-12-24(2)13-17-31/h10-20,27,29H,6-9,21-22H2,1-5H3,(H,34,38). The number of nitrogens with one attached hydrogen (secondary N) is 1. The Morgan fingerprint density at radius 3 is 1.93 bits per heavy atom. The summed E-state index contributed by atoms with van der Waals surface area (Å²) in [5.41, 5.74) is 5.07. The molecular formula is C33H41N3O4S. The third-order valence-corrected chi connectivity index (χ3v) is 9.51. The van der Waals surface area contributed by atoms with E-state index >= 15 is 0 Å². The van der Waals surface area contributed by atoms with Crippen LogP contribution in [0.25, 0.3) is 0 Å². The Morgan fingerprint density at radius 1 is 0.829 bits per heavy atom. The summed E-state index contributed by atoms with van der Waals surface area (Å²) in [6.45, 7) is 9.13. The van der Waals surface area contributed by atoms with Crippen LogP contribution in [0, 0.1) is 27.7 Å². The van der Waals surface area contributed by atoms with Gasteiger partial charge in [0, 0.05) is 12.6 Å². The third kappa shape index (κ3) is 7.55. The molecule has 1 saturated carbocycles. The van der Waals surface area contributed by atoms with Crippen LogP contribution in [0.15, 0.2) is 71.6 Å². The number of nitrogens with zero attached hydrogens (tertiary/aromatic N) is 2. The van der Waals surface area contributed by atoms with Gasteiger partial charge in [-0.1, -0.05) is 66.4 Å². The predicted octanol–water partition coefficient (Wildman–Crippen LogP) is 5.59. The van der Waals surface area contributed by atoms with Crippen molar-refractivity contribution in [3.05, 3.63) is 94.5 Å². The third-order valence-electron chi connectivity index (χ3n) is 7.72. The summed E-state index contributed by atoms with van der Waals surface area (Å²) in [4.78, 5) is 29.1. The van der Waals surface area contributed by atoms with E-state index in [1.807, 2.05) is 58.0 Å². The van der Waals surface area contributed by atoms with Gasteiger partial charge in [-0.25, -0.2) is 8.42 Å². The number of benzene rings is 3. The average Bonchev–Trinajstić information content (AvgIpc) is 3.43. The molecule has 3 aromatic carbocycles. The summed E-state index contributed by atoms with van der Waals surface area (Å²) in [6, 6.07) is 19.2. The number of carbonyl (C=O) groups is 2. The number of carbonyl (C=O) groups excluding carboxylic acids is 2. The van der Waals surface area contributed by atoms with Crippen LogP contribution in [0.3, 0.4) is 0 Å². The first-order valence-electron chi connectivity index (χ1n) is 14.3. The van der Waals surface area contributed by atoms with Crippen LogP contribution >= 0.6 is 0 Å². The summed E-state index contributed by atoms with van der Waals surface area (Å²) in [5, 5.41) is 3.11. The van der Waals surface area contributed by atoms with E-state index in [1.165, 1.54) is 9.21 Å². The lowest BCUT2D eigenvalue weighted by Crippen LogP contribution is -2.52. The van der Waals surface area contributed by atoms with Gasteiger partial charge in [0.05, 0.1) is 10.6 Å². The number of anilines is 1. The maximum absolute atomic E-state index is 14.1. The molecule has 0 radical (unpaired) electrons. The Kier molecular flexibility index (Phi) is 9.53. The molecule has 0 spiro atoms. The van der Waals surface area contributed by atoms with Crippen molar-refractivity contribution in [1.29, 1.82) is 0 Å². The molecule has 0 aromatic heterocycles. The largest absolute Gasteiger partial charge is 0.352 e. The quantitative estimate of drug-likeness (QED) is 0.341. The molecular weight excluding hydrogens is 534 g/mol. The fourth-order valence-electron chi connectivity index (χ4n) is 5.33. The molecule has 0 aliphatic heterocycles. The molecule has 3 aromatic rings. The lowest BCUT2D eigenvalue weighted by molar-refractivity contribution is -0.139. The smallest absolute Gasteiger partial charge is 0.264 e. The van der Waals surface area contributed by atoms with E-state index < -0.39 is 28.5 Å². The number of amides is 2. The van der Waals surface area contributed by atoms with Gasteiger partial charge in [-0.2, -0.15) is 0 Å². The molecule has 1 aliphatic rings. The molecule has 1 N–H and O–H groups in total. The average molecular weight is 576 g/mol. The lowest BCUT2D eigenvalue weighted by Gasteiger charge is -2.32. The molecule has 218 valence electrons. The molecule has 1 atom stereocenters. The molecule has 7 nitrogen and oxygen atoms in total. The highest BCUT2D eigenvalue weighted by molar-refractivity contribution is 7.92. The molecule has 0 heterocycles. The Balaban J connectivity index is 1.70. The van der Waals surface area contributed by atoms with E-state index in [9.17, 15) is 18.0 Å². The fraction of sp³-hybridized carbons (Fsp3) is 0.394. The maximum Gasteiger partial charge on any atom is 0.264 e. The first kappa shape index (κ1) is 30.3. The summed E-state index contributed by atoms with van der Waals surface area (Å²) in [5.74, 6) is -0.675. The predicted molar refractivity (Wildman–Crippen MR) is 163 cm³/mol. The van der Waals surface area contributed by atoms with Crippen LogP contribution in [-0.2, 0) is 26.2 Å². The SMILES string of the molecule is Cc1ccc(CN(C(=O)CN(c2cc(C)cc(C)c2)S(=O)(=O)c2ccc(C)cc2)C(C)C(=O)NC2CCCC2)cc1. The minimum absolute atomic E-state index is 0.104. The number of sulfonamides is 1.